The summed E-state index contributed by atoms with van der Waals surface area (Å²) >= 11 is 1.36. The number of carboxylic acid groups (broad SMARTS) is 1. The number of Topliss-reactive ketones (excluding diaryl/α,β-unsaturated/α-hetero) is 1. The smallest absolute Gasteiger partial charge is 0.334 e. The van der Waals surface area contributed by atoms with Crippen molar-refractivity contribution in [2.45, 2.75) is 11.3 Å². The van der Waals surface area contributed by atoms with Crippen LogP contribution < -0.4 is 11.5 Å². The predicted octanol–water partition coefficient (Wildman–Crippen LogP) is -0.725. The van der Waals surface area contributed by atoms with Crippen molar-refractivity contribution in [1.29, 1.82) is 0 Å². The topological polar surface area (TPSA) is 106 Å². The van der Waals surface area contributed by atoms with Crippen molar-refractivity contribution in [2.24, 2.45) is 17.4 Å². The minimum atomic E-state index is -1.13. The van der Waals surface area contributed by atoms with Crippen molar-refractivity contribution in [3.05, 3.63) is 11.3 Å². The SMILES string of the molecule is NC1=C(C(=O)O)C2C(=O)CC2(N)SC1. The number of carbonyl (C=O) groups excluding carboxylic acids is 1. The Bertz CT molecular complexity index is 366. The van der Waals surface area contributed by atoms with Crippen LogP contribution in [-0.4, -0.2) is 27.5 Å². The lowest BCUT2D eigenvalue weighted by Crippen LogP contribution is -2.62. The summed E-state index contributed by atoms with van der Waals surface area (Å²) in [7, 11) is 0. The Kier molecular flexibility index (Phi) is 1.87. The first kappa shape index (κ1) is 9.54. The largest absolute Gasteiger partial charge is 0.478 e. The van der Waals surface area contributed by atoms with Gasteiger partial charge in [0.15, 0.2) is 0 Å². The van der Waals surface area contributed by atoms with E-state index in [4.69, 9.17) is 16.6 Å². The minimum Gasteiger partial charge on any atom is -0.478 e. The summed E-state index contributed by atoms with van der Waals surface area (Å²) in [5.74, 6) is -1.57. The molecule has 0 amide bonds. The number of fused-ring (bicyclic) bond motifs is 1. The van der Waals surface area contributed by atoms with E-state index in [1.54, 1.807) is 0 Å². The highest BCUT2D eigenvalue weighted by Gasteiger charge is 2.57. The fourth-order valence-electron chi connectivity index (χ4n) is 1.89. The maximum absolute atomic E-state index is 11.3. The zero-order valence-electron chi connectivity index (χ0n) is 7.32. The van der Waals surface area contributed by atoms with E-state index < -0.39 is 16.8 Å². The van der Waals surface area contributed by atoms with Gasteiger partial charge in [-0.25, -0.2) is 4.79 Å². The van der Waals surface area contributed by atoms with E-state index in [-0.39, 0.29) is 23.5 Å². The first-order chi connectivity index (χ1) is 6.46. The number of aliphatic carboxylic acids is 1. The van der Waals surface area contributed by atoms with E-state index in [0.29, 0.717) is 5.75 Å². The molecule has 2 atom stereocenters. The van der Waals surface area contributed by atoms with Crippen LogP contribution in [0.4, 0.5) is 0 Å². The van der Waals surface area contributed by atoms with E-state index >= 15 is 0 Å². The van der Waals surface area contributed by atoms with Gasteiger partial charge in [0.1, 0.15) is 5.78 Å². The van der Waals surface area contributed by atoms with Crippen molar-refractivity contribution in [3.63, 3.8) is 0 Å². The Labute approximate surface area is 84.5 Å². The van der Waals surface area contributed by atoms with Gasteiger partial charge < -0.3 is 16.6 Å². The Morgan fingerprint density at radius 2 is 2.29 bits per heavy atom. The molecule has 0 aromatic heterocycles. The van der Waals surface area contributed by atoms with Crippen LogP contribution >= 0.6 is 11.8 Å². The molecule has 0 saturated heterocycles. The Hall–Kier alpha value is -1.01. The molecule has 0 aromatic rings. The van der Waals surface area contributed by atoms with Crippen LogP contribution in [0.3, 0.4) is 0 Å². The second-order valence-corrected chi connectivity index (χ2v) is 4.90. The van der Waals surface area contributed by atoms with Gasteiger partial charge in [0.25, 0.3) is 0 Å². The number of hydrogen-bond donors (Lipinski definition) is 3. The number of carboxylic acids is 1. The highest BCUT2D eigenvalue weighted by atomic mass is 32.2. The van der Waals surface area contributed by atoms with Crippen molar-refractivity contribution in [3.8, 4) is 0 Å². The van der Waals surface area contributed by atoms with Crippen molar-refractivity contribution in [2.75, 3.05) is 5.75 Å². The summed E-state index contributed by atoms with van der Waals surface area (Å²) in [6, 6.07) is 0. The van der Waals surface area contributed by atoms with Gasteiger partial charge >= 0.3 is 5.97 Å². The molecule has 76 valence electrons. The zero-order chi connectivity index (χ0) is 10.5. The molecule has 1 aliphatic carbocycles. The first-order valence-electron chi connectivity index (χ1n) is 4.13. The fourth-order valence-corrected chi connectivity index (χ4v) is 3.13. The van der Waals surface area contributed by atoms with E-state index in [1.807, 2.05) is 0 Å². The lowest BCUT2D eigenvalue weighted by Gasteiger charge is -2.47. The molecule has 2 rings (SSSR count). The predicted molar refractivity (Wildman–Crippen MR) is 51.3 cm³/mol. The fraction of sp³-hybridized carbons (Fsp3) is 0.500. The highest BCUT2D eigenvalue weighted by Crippen LogP contribution is 2.49. The van der Waals surface area contributed by atoms with E-state index in [9.17, 15) is 9.59 Å². The molecule has 1 saturated carbocycles. The summed E-state index contributed by atoms with van der Waals surface area (Å²) in [5, 5.41) is 8.91. The summed E-state index contributed by atoms with van der Waals surface area (Å²) < 4.78 is 0. The summed E-state index contributed by atoms with van der Waals surface area (Å²) in [6.07, 6.45) is 0.242. The van der Waals surface area contributed by atoms with Gasteiger partial charge in [-0.15, -0.1) is 11.8 Å². The quantitative estimate of drug-likeness (QED) is 0.531. The maximum Gasteiger partial charge on any atom is 0.334 e. The van der Waals surface area contributed by atoms with E-state index in [1.165, 1.54) is 11.8 Å². The second-order valence-electron chi connectivity index (χ2n) is 3.56. The minimum absolute atomic E-state index is 0.00231. The van der Waals surface area contributed by atoms with Gasteiger partial charge in [-0.2, -0.15) is 0 Å². The molecule has 6 heteroatoms. The van der Waals surface area contributed by atoms with Crippen molar-refractivity contribution in [1.82, 2.24) is 0 Å². The summed E-state index contributed by atoms with van der Waals surface area (Å²) in [4.78, 5) is 21.4. The monoisotopic (exact) mass is 214 g/mol. The molecular formula is C8H10N2O3S. The molecule has 5 N–H and O–H groups in total. The molecule has 2 aliphatic rings. The average molecular weight is 214 g/mol. The first-order valence-corrected chi connectivity index (χ1v) is 5.11. The van der Waals surface area contributed by atoms with Crippen LogP contribution in [0, 0.1) is 5.92 Å². The number of nitrogens with two attached hydrogens (primary N) is 2. The van der Waals surface area contributed by atoms with Gasteiger partial charge in [0, 0.05) is 17.9 Å². The molecule has 2 unspecified atom stereocenters. The second kappa shape index (κ2) is 2.74. The number of hydrogen-bond acceptors (Lipinski definition) is 5. The van der Waals surface area contributed by atoms with Gasteiger partial charge in [0.05, 0.1) is 16.4 Å². The molecular weight excluding hydrogens is 204 g/mol. The number of rotatable bonds is 1. The van der Waals surface area contributed by atoms with E-state index in [2.05, 4.69) is 0 Å². The average Bonchev–Trinajstić information content (AvgIpc) is 2.08. The summed E-state index contributed by atoms with van der Waals surface area (Å²) in [6.45, 7) is 0. The van der Waals surface area contributed by atoms with Crippen LogP contribution in [-0.2, 0) is 9.59 Å². The molecule has 1 fully saturated rings. The van der Waals surface area contributed by atoms with Crippen LogP contribution in [0.25, 0.3) is 0 Å². The lowest BCUT2D eigenvalue weighted by molar-refractivity contribution is -0.139. The third-order valence-electron chi connectivity index (χ3n) is 2.62. The number of thioether (sulfide) groups is 1. The Balaban J connectivity index is 2.44. The van der Waals surface area contributed by atoms with Gasteiger partial charge in [-0.05, 0) is 0 Å². The third-order valence-corrected chi connectivity index (χ3v) is 4.00. The molecule has 1 aliphatic heterocycles. The van der Waals surface area contributed by atoms with Gasteiger partial charge in [-0.3, -0.25) is 4.79 Å². The standard InChI is InChI=1S/C8H10N2O3S/c9-3-2-14-8(10)1-4(11)6(8)5(3)7(12)13/h6H,1-2,9-10H2,(H,12,13). The van der Waals surface area contributed by atoms with Crippen LogP contribution in [0.2, 0.25) is 0 Å². The van der Waals surface area contributed by atoms with E-state index in [0.717, 1.165) is 0 Å². The molecule has 0 bridgehead atoms. The van der Waals surface area contributed by atoms with Crippen LogP contribution in [0.1, 0.15) is 6.42 Å². The molecule has 14 heavy (non-hydrogen) atoms. The normalized spacial score (nSPS) is 36.4. The molecule has 1 heterocycles. The molecule has 5 nitrogen and oxygen atoms in total. The van der Waals surface area contributed by atoms with Crippen molar-refractivity contribution < 1.29 is 14.7 Å². The molecule has 0 radical (unpaired) electrons. The number of carbonyl (C=O) groups is 2. The Morgan fingerprint density at radius 1 is 1.64 bits per heavy atom. The number of ketones is 1. The zero-order valence-corrected chi connectivity index (χ0v) is 8.13. The van der Waals surface area contributed by atoms with Gasteiger partial charge in [0.2, 0.25) is 0 Å². The lowest BCUT2D eigenvalue weighted by atomic mass is 9.72. The van der Waals surface area contributed by atoms with Gasteiger partial charge in [-0.1, -0.05) is 0 Å². The van der Waals surface area contributed by atoms with Crippen LogP contribution in [0.5, 0.6) is 0 Å². The Morgan fingerprint density at radius 3 is 2.71 bits per heavy atom. The van der Waals surface area contributed by atoms with Crippen LogP contribution in [0.15, 0.2) is 11.3 Å². The maximum atomic E-state index is 11.3. The third kappa shape index (κ3) is 1.07. The molecule has 0 aromatic carbocycles. The summed E-state index contributed by atoms with van der Waals surface area (Å²) in [5.41, 5.74) is 11.7. The van der Waals surface area contributed by atoms with Crippen molar-refractivity contribution >= 4 is 23.5 Å². The molecule has 0 spiro atoms. The highest BCUT2D eigenvalue weighted by molar-refractivity contribution is 8.01.